The SMILES string of the molecule is COC(=O)c1ccc(N2CCOCC2)c(NC(=S)NC(=O)CC(C)C)c1. The number of esters is 1. The molecule has 0 spiro atoms. The fourth-order valence-electron chi connectivity index (χ4n) is 2.66. The first kappa shape index (κ1) is 20.1. The molecule has 0 radical (unpaired) electrons. The van der Waals surface area contributed by atoms with Crippen molar-refractivity contribution in [2.75, 3.05) is 43.6 Å². The molecule has 1 heterocycles. The molecule has 0 atom stereocenters. The van der Waals surface area contributed by atoms with Gasteiger partial charge in [0.25, 0.3) is 0 Å². The molecule has 1 aromatic rings. The second-order valence-corrected chi connectivity index (χ2v) is 6.83. The van der Waals surface area contributed by atoms with Crippen LogP contribution in [0.4, 0.5) is 11.4 Å². The van der Waals surface area contributed by atoms with E-state index in [1.807, 2.05) is 19.9 Å². The zero-order valence-electron chi connectivity index (χ0n) is 15.3. The van der Waals surface area contributed by atoms with E-state index in [1.165, 1.54) is 7.11 Å². The third-order valence-corrected chi connectivity index (χ3v) is 4.07. The number of nitrogens with one attached hydrogen (secondary N) is 2. The monoisotopic (exact) mass is 379 g/mol. The first-order valence-electron chi connectivity index (χ1n) is 8.56. The Hall–Kier alpha value is -2.19. The minimum atomic E-state index is -0.434. The molecule has 26 heavy (non-hydrogen) atoms. The molecule has 0 saturated carbocycles. The van der Waals surface area contributed by atoms with Crippen molar-refractivity contribution < 1.29 is 19.1 Å². The highest BCUT2D eigenvalue weighted by Crippen LogP contribution is 2.28. The molecule has 1 aromatic carbocycles. The highest BCUT2D eigenvalue weighted by molar-refractivity contribution is 7.80. The Kier molecular flexibility index (Phi) is 7.35. The van der Waals surface area contributed by atoms with Crippen LogP contribution < -0.4 is 15.5 Å². The van der Waals surface area contributed by atoms with Gasteiger partial charge in [0, 0.05) is 19.5 Å². The largest absolute Gasteiger partial charge is 0.465 e. The minimum Gasteiger partial charge on any atom is -0.465 e. The molecular weight excluding hydrogens is 354 g/mol. The average molecular weight is 379 g/mol. The van der Waals surface area contributed by atoms with Gasteiger partial charge in [0.2, 0.25) is 5.91 Å². The van der Waals surface area contributed by atoms with Gasteiger partial charge < -0.3 is 25.0 Å². The van der Waals surface area contributed by atoms with Crippen LogP contribution in [0, 0.1) is 5.92 Å². The maximum absolute atomic E-state index is 11.9. The third-order valence-electron chi connectivity index (χ3n) is 3.86. The van der Waals surface area contributed by atoms with Gasteiger partial charge in [-0.3, -0.25) is 4.79 Å². The number of ether oxygens (including phenoxy) is 2. The number of carbonyl (C=O) groups is 2. The zero-order chi connectivity index (χ0) is 19.1. The van der Waals surface area contributed by atoms with Gasteiger partial charge in [-0.15, -0.1) is 0 Å². The molecule has 2 rings (SSSR count). The lowest BCUT2D eigenvalue weighted by Gasteiger charge is -2.31. The van der Waals surface area contributed by atoms with Crippen molar-refractivity contribution in [3.05, 3.63) is 23.8 Å². The second kappa shape index (κ2) is 9.49. The molecule has 1 saturated heterocycles. The molecule has 1 aliphatic rings. The Morgan fingerprint density at radius 2 is 2.00 bits per heavy atom. The lowest BCUT2D eigenvalue weighted by molar-refractivity contribution is -0.120. The van der Waals surface area contributed by atoms with Crippen LogP contribution in [0.5, 0.6) is 0 Å². The van der Waals surface area contributed by atoms with Gasteiger partial charge in [0.1, 0.15) is 0 Å². The Balaban J connectivity index is 2.20. The lowest BCUT2D eigenvalue weighted by Crippen LogP contribution is -2.38. The van der Waals surface area contributed by atoms with Gasteiger partial charge >= 0.3 is 5.97 Å². The molecule has 0 bridgehead atoms. The van der Waals surface area contributed by atoms with Crippen LogP contribution in [0.2, 0.25) is 0 Å². The molecule has 0 unspecified atom stereocenters. The average Bonchev–Trinajstić information content (AvgIpc) is 2.60. The summed E-state index contributed by atoms with van der Waals surface area (Å²) in [4.78, 5) is 25.9. The van der Waals surface area contributed by atoms with E-state index in [-0.39, 0.29) is 16.9 Å². The van der Waals surface area contributed by atoms with Crippen molar-refractivity contribution in [2.45, 2.75) is 20.3 Å². The fraction of sp³-hybridized carbons (Fsp3) is 0.500. The van der Waals surface area contributed by atoms with Gasteiger partial charge in [0.05, 0.1) is 37.3 Å². The minimum absolute atomic E-state index is 0.144. The first-order chi connectivity index (χ1) is 12.4. The van der Waals surface area contributed by atoms with E-state index in [0.717, 1.165) is 18.8 Å². The van der Waals surface area contributed by atoms with Crippen LogP contribution in [-0.4, -0.2) is 50.4 Å². The number of morpholine rings is 1. The number of amides is 1. The quantitative estimate of drug-likeness (QED) is 0.599. The lowest BCUT2D eigenvalue weighted by atomic mass is 10.1. The van der Waals surface area contributed by atoms with E-state index >= 15 is 0 Å². The van der Waals surface area contributed by atoms with E-state index in [2.05, 4.69) is 15.5 Å². The Labute approximate surface area is 159 Å². The number of methoxy groups -OCH3 is 1. The molecule has 7 nitrogen and oxygen atoms in total. The number of carbonyl (C=O) groups excluding carboxylic acids is 2. The predicted octanol–water partition coefficient (Wildman–Crippen LogP) is 2.17. The molecule has 1 fully saturated rings. The molecule has 2 N–H and O–H groups in total. The van der Waals surface area contributed by atoms with Crippen LogP contribution in [-0.2, 0) is 14.3 Å². The highest BCUT2D eigenvalue weighted by atomic mass is 32.1. The van der Waals surface area contributed by atoms with E-state index in [9.17, 15) is 9.59 Å². The van der Waals surface area contributed by atoms with E-state index in [4.69, 9.17) is 21.7 Å². The van der Waals surface area contributed by atoms with Crippen LogP contribution in [0.15, 0.2) is 18.2 Å². The number of rotatable bonds is 5. The first-order valence-corrected chi connectivity index (χ1v) is 8.97. The van der Waals surface area contributed by atoms with Crippen molar-refractivity contribution in [3.63, 3.8) is 0 Å². The number of hydrogen-bond donors (Lipinski definition) is 2. The van der Waals surface area contributed by atoms with Crippen LogP contribution >= 0.6 is 12.2 Å². The van der Waals surface area contributed by atoms with Crippen molar-refractivity contribution in [3.8, 4) is 0 Å². The van der Waals surface area contributed by atoms with Gasteiger partial charge in [-0.05, 0) is 36.3 Å². The van der Waals surface area contributed by atoms with E-state index < -0.39 is 5.97 Å². The van der Waals surface area contributed by atoms with Gasteiger partial charge in [-0.25, -0.2) is 4.79 Å². The predicted molar refractivity (Wildman–Crippen MR) is 105 cm³/mol. The van der Waals surface area contributed by atoms with Crippen LogP contribution in [0.1, 0.15) is 30.6 Å². The summed E-state index contributed by atoms with van der Waals surface area (Å²) in [6.45, 7) is 6.66. The van der Waals surface area contributed by atoms with Gasteiger partial charge in [0.15, 0.2) is 5.11 Å². The number of anilines is 2. The molecule has 8 heteroatoms. The summed E-state index contributed by atoms with van der Waals surface area (Å²) in [7, 11) is 1.34. The Morgan fingerprint density at radius 3 is 2.62 bits per heavy atom. The van der Waals surface area contributed by atoms with E-state index in [1.54, 1.807) is 12.1 Å². The summed E-state index contributed by atoms with van der Waals surface area (Å²) >= 11 is 5.26. The highest BCUT2D eigenvalue weighted by Gasteiger charge is 2.18. The maximum atomic E-state index is 11.9. The molecule has 1 aliphatic heterocycles. The van der Waals surface area contributed by atoms with Gasteiger partial charge in [-0.2, -0.15) is 0 Å². The topological polar surface area (TPSA) is 79.9 Å². The molecule has 142 valence electrons. The van der Waals surface area contributed by atoms with Crippen molar-refractivity contribution in [1.29, 1.82) is 0 Å². The van der Waals surface area contributed by atoms with Crippen LogP contribution in [0.25, 0.3) is 0 Å². The van der Waals surface area contributed by atoms with Gasteiger partial charge in [-0.1, -0.05) is 13.8 Å². The molecule has 0 aliphatic carbocycles. The van der Waals surface area contributed by atoms with Crippen LogP contribution in [0.3, 0.4) is 0 Å². The maximum Gasteiger partial charge on any atom is 0.337 e. The number of thiocarbonyl (C=S) groups is 1. The summed E-state index contributed by atoms with van der Waals surface area (Å²) in [5.74, 6) is -0.338. The Bertz CT molecular complexity index is 672. The van der Waals surface area contributed by atoms with Crippen molar-refractivity contribution in [1.82, 2.24) is 5.32 Å². The molecule has 0 aromatic heterocycles. The fourth-order valence-corrected chi connectivity index (χ4v) is 2.89. The number of hydrogen-bond acceptors (Lipinski definition) is 6. The summed E-state index contributed by atoms with van der Waals surface area (Å²) in [6.07, 6.45) is 0.389. The second-order valence-electron chi connectivity index (χ2n) is 6.42. The number of benzene rings is 1. The smallest absolute Gasteiger partial charge is 0.337 e. The summed E-state index contributed by atoms with van der Waals surface area (Å²) in [5, 5.41) is 5.92. The normalized spacial score (nSPS) is 14.1. The van der Waals surface area contributed by atoms with E-state index in [0.29, 0.717) is 30.9 Å². The van der Waals surface area contributed by atoms with Crippen molar-refractivity contribution >= 4 is 40.6 Å². The standard InChI is InChI=1S/C18H25N3O4S/c1-12(2)10-16(22)20-18(26)19-14-11-13(17(23)24-3)4-5-15(14)21-6-8-25-9-7-21/h4-5,11-12H,6-10H2,1-3H3,(H2,19,20,22,26). The third kappa shape index (κ3) is 5.67. The zero-order valence-corrected chi connectivity index (χ0v) is 16.1. The summed E-state index contributed by atoms with van der Waals surface area (Å²) in [5.41, 5.74) is 1.94. The number of nitrogens with zero attached hydrogens (tertiary/aromatic N) is 1. The van der Waals surface area contributed by atoms with Crippen molar-refractivity contribution in [2.24, 2.45) is 5.92 Å². The summed E-state index contributed by atoms with van der Waals surface area (Å²) in [6, 6.07) is 5.23. The summed E-state index contributed by atoms with van der Waals surface area (Å²) < 4.78 is 10.2. The molecular formula is C18H25N3O4S. The Morgan fingerprint density at radius 1 is 1.31 bits per heavy atom. The molecule has 1 amide bonds.